The number of carbonyl (C=O) groups excluding carboxylic acids is 1. The van der Waals surface area contributed by atoms with Gasteiger partial charge in [-0.2, -0.15) is 5.10 Å². The molecule has 0 saturated heterocycles. The average Bonchev–Trinajstić information content (AvgIpc) is 2.55. The molecule has 114 valence electrons. The number of aromatic hydroxyl groups is 1. The van der Waals surface area contributed by atoms with E-state index in [1.807, 2.05) is 30.5 Å². The first-order valence-electron chi connectivity index (χ1n) is 7.79. The molecule has 0 aliphatic heterocycles. The maximum Gasteiger partial charge on any atom is 0.275 e. The van der Waals surface area contributed by atoms with E-state index in [1.165, 1.54) is 19.3 Å². The molecule has 2 aromatic carbocycles. The molecule has 1 fully saturated rings. The summed E-state index contributed by atoms with van der Waals surface area (Å²) in [5, 5.41) is 15.9. The van der Waals surface area contributed by atoms with Gasteiger partial charge in [-0.3, -0.25) is 4.79 Å². The minimum absolute atomic E-state index is 0.0240. The third-order valence-corrected chi connectivity index (χ3v) is 4.21. The summed E-state index contributed by atoms with van der Waals surface area (Å²) in [7, 11) is 0. The molecule has 4 heteroatoms. The molecule has 4 nitrogen and oxygen atoms in total. The number of nitrogens with zero attached hydrogens (tertiary/aromatic N) is 1. The van der Waals surface area contributed by atoms with Crippen LogP contribution in [0.25, 0.3) is 10.8 Å². The molecule has 0 unspecified atom stereocenters. The largest absolute Gasteiger partial charge is 0.507 e. The first-order chi connectivity index (χ1) is 10.7. The summed E-state index contributed by atoms with van der Waals surface area (Å²) in [5.41, 5.74) is 2.77. The third-order valence-electron chi connectivity index (χ3n) is 4.21. The van der Waals surface area contributed by atoms with Crippen molar-refractivity contribution in [3.8, 4) is 5.75 Å². The van der Waals surface area contributed by atoms with Crippen LogP contribution in [0, 0.1) is 5.92 Å². The number of phenolic OH excluding ortho intramolecular Hbond substituents is 1. The van der Waals surface area contributed by atoms with Crippen LogP contribution in [0.2, 0.25) is 0 Å². The molecular formula is C18H20N2O2. The van der Waals surface area contributed by atoms with Gasteiger partial charge in [0.05, 0.1) is 5.56 Å². The number of hydrogen-bond acceptors (Lipinski definition) is 3. The van der Waals surface area contributed by atoms with E-state index in [9.17, 15) is 9.90 Å². The van der Waals surface area contributed by atoms with Gasteiger partial charge < -0.3 is 5.11 Å². The predicted molar refractivity (Wildman–Crippen MR) is 88.1 cm³/mol. The fraction of sp³-hybridized carbons (Fsp3) is 0.333. The van der Waals surface area contributed by atoms with Gasteiger partial charge in [-0.15, -0.1) is 0 Å². The summed E-state index contributed by atoms with van der Waals surface area (Å²) < 4.78 is 0. The number of fused-ring (bicyclic) bond motifs is 1. The molecular weight excluding hydrogens is 276 g/mol. The van der Waals surface area contributed by atoms with Crippen molar-refractivity contribution in [1.82, 2.24) is 5.43 Å². The second-order valence-electron chi connectivity index (χ2n) is 5.83. The lowest BCUT2D eigenvalue weighted by Gasteiger charge is -2.16. The van der Waals surface area contributed by atoms with Crippen molar-refractivity contribution in [1.29, 1.82) is 0 Å². The highest BCUT2D eigenvalue weighted by Crippen LogP contribution is 2.25. The zero-order valence-electron chi connectivity index (χ0n) is 12.5. The fourth-order valence-electron chi connectivity index (χ4n) is 2.95. The lowest BCUT2D eigenvalue weighted by Crippen LogP contribution is -2.19. The van der Waals surface area contributed by atoms with E-state index in [2.05, 4.69) is 10.5 Å². The number of rotatable bonds is 3. The van der Waals surface area contributed by atoms with Crippen LogP contribution in [0.4, 0.5) is 0 Å². The highest BCUT2D eigenvalue weighted by Gasteiger charge is 2.13. The molecule has 1 saturated carbocycles. The van der Waals surface area contributed by atoms with Gasteiger partial charge in [0.1, 0.15) is 5.75 Å². The number of phenols is 1. The summed E-state index contributed by atoms with van der Waals surface area (Å²) in [5.74, 6) is 0.0543. The van der Waals surface area contributed by atoms with Gasteiger partial charge >= 0.3 is 0 Å². The maximum atomic E-state index is 12.2. The summed E-state index contributed by atoms with van der Waals surface area (Å²) in [6.45, 7) is 0. The topological polar surface area (TPSA) is 61.7 Å². The van der Waals surface area contributed by atoms with Crippen LogP contribution in [-0.2, 0) is 0 Å². The molecule has 1 amide bonds. The second-order valence-corrected chi connectivity index (χ2v) is 5.83. The lowest BCUT2D eigenvalue weighted by atomic mass is 9.90. The Bertz CT molecular complexity index is 703. The smallest absolute Gasteiger partial charge is 0.275 e. The van der Waals surface area contributed by atoms with E-state index in [0.29, 0.717) is 5.92 Å². The number of amides is 1. The minimum Gasteiger partial charge on any atom is -0.507 e. The highest BCUT2D eigenvalue weighted by molar-refractivity contribution is 6.01. The van der Waals surface area contributed by atoms with E-state index >= 15 is 0 Å². The molecule has 1 aliphatic rings. The number of benzene rings is 2. The number of carbonyl (C=O) groups is 1. The van der Waals surface area contributed by atoms with Gasteiger partial charge in [0.2, 0.25) is 0 Å². The fourth-order valence-corrected chi connectivity index (χ4v) is 2.95. The first-order valence-corrected chi connectivity index (χ1v) is 7.79. The number of hydrazone groups is 1. The number of hydrogen-bond donors (Lipinski definition) is 2. The van der Waals surface area contributed by atoms with Crippen LogP contribution < -0.4 is 5.43 Å². The molecule has 0 spiro atoms. The summed E-state index contributed by atoms with van der Waals surface area (Å²) in [6.07, 6.45) is 7.87. The molecule has 2 N–H and O–H groups in total. The Hall–Kier alpha value is -2.36. The van der Waals surface area contributed by atoms with Gasteiger partial charge in [0.25, 0.3) is 5.91 Å². The Labute approximate surface area is 129 Å². The molecule has 0 bridgehead atoms. The van der Waals surface area contributed by atoms with Crippen molar-refractivity contribution in [2.75, 3.05) is 0 Å². The van der Waals surface area contributed by atoms with Crippen LogP contribution in [0.5, 0.6) is 5.75 Å². The van der Waals surface area contributed by atoms with Crippen LogP contribution in [0.15, 0.2) is 41.5 Å². The van der Waals surface area contributed by atoms with Crippen LogP contribution in [0.3, 0.4) is 0 Å². The van der Waals surface area contributed by atoms with Crippen molar-refractivity contribution in [2.45, 2.75) is 32.1 Å². The number of nitrogens with one attached hydrogen (secondary N) is 1. The van der Waals surface area contributed by atoms with Crippen molar-refractivity contribution in [3.63, 3.8) is 0 Å². The van der Waals surface area contributed by atoms with E-state index in [1.54, 1.807) is 12.1 Å². The second kappa shape index (κ2) is 6.60. The van der Waals surface area contributed by atoms with Crippen LogP contribution in [-0.4, -0.2) is 17.2 Å². The van der Waals surface area contributed by atoms with E-state index in [-0.39, 0.29) is 17.2 Å². The normalized spacial score (nSPS) is 16.2. The molecule has 1 aliphatic carbocycles. The molecule has 0 heterocycles. The highest BCUT2D eigenvalue weighted by atomic mass is 16.3. The van der Waals surface area contributed by atoms with Gasteiger partial charge in [-0.1, -0.05) is 43.5 Å². The zero-order valence-corrected chi connectivity index (χ0v) is 12.5. The zero-order chi connectivity index (χ0) is 15.4. The molecule has 22 heavy (non-hydrogen) atoms. The van der Waals surface area contributed by atoms with Crippen molar-refractivity contribution >= 4 is 22.9 Å². The Morgan fingerprint density at radius 2 is 1.82 bits per heavy atom. The first kappa shape index (κ1) is 14.6. The van der Waals surface area contributed by atoms with Gasteiger partial charge in [-0.05, 0) is 41.7 Å². The molecule has 2 aromatic rings. The molecule has 0 radical (unpaired) electrons. The Morgan fingerprint density at radius 3 is 2.55 bits per heavy atom. The molecule has 3 rings (SSSR count). The average molecular weight is 296 g/mol. The maximum absolute atomic E-state index is 12.2. The van der Waals surface area contributed by atoms with Gasteiger partial charge in [0, 0.05) is 6.21 Å². The predicted octanol–water partition coefficient (Wildman–Crippen LogP) is 3.84. The van der Waals surface area contributed by atoms with E-state index < -0.39 is 0 Å². The lowest BCUT2D eigenvalue weighted by molar-refractivity contribution is 0.0952. The van der Waals surface area contributed by atoms with Gasteiger partial charge in [-0.25, -0.2) is 5.43 Å². The van der Waals surface area contributed by atoms with Gasteiger partial charge in [0.15, 0.2) is 0 Å². The standard InChI is InChI=1S/C18H20N2O2/c21-17-11-15-9-5-4-8-14(15)10-16(17)18(22)20-19-12-13-6-2-1-3-7-13/h4-5,8-13,21H,1-3,6-7H2,(H,20,22)/b19-12+. The van der Waals surface area contributed by atoms with Crippen molar-refractivity contribution < 1.29 is 9.90 Å². The Kier molecular flexibility index (Phi) is 4.37. The Morgan fingerprint density at radius 1 is 1.14 bits per heavy atom. The van der Waals surface area contributed by atoms with Crippen LogP contribution >= 0.6 is 0 Å². The summed E-state index contributed by atoms with van der Waals surface area (Å²) in [6, 6.07) is 10.9. The summed E-state index contributed by atoms with van der Waals surface area (Å²) >= 11 is 0. The van der Waals surface area contributed by atoms with Crippen LogP contribution in [0.1, 0.15) is 42.5 Å². The summed E-state index contributed by atoms with van der Waals surface area (Å²) in [4.78, 5) is 12.2. The Balaban J connectivity index is 1.71. The van der Waals surface area contributed by atoms with Crippen molar-refractivity contribution in [2.24, 2.45) is 11.0 Å². The third kappa shape index (κ3) is 3.27. The monoisotopic (exact) mass is 296 g/mol. The minimum atomic E-state index is -0.379. The van der Waals surface area contributed by atoms with Crippen molar-refractivity contribution in [3.05, 3.63) is 42.0 Å². The quantitative estimate of drug-likeness (QED) is 0.667. The van der Waals surface area contributed by atoms with E-state index in [0.717, 1.165) is 23.6 Å². The molecule has 0 aromatic heterocycles. The SMILES string of the molecule is O=C(N/N=C/C1CCCCC1)c1cc2ccccc2cc1O. The molecule has 0 atom stereocenters. The van der Waals surface area contributed by atoms with E-state index in [4.69, 9.17) is 0 Å².